The van der Waals surface area contributed by atoms with Gasteiger partial charge in [0.25, 0.3) is 0 Å². The molecule has 23 heavy (non-hydrogen) atoms. The summed E-state index contributed by atoms with van der Waals surface area (Å²) in [7, 11) is 0. The average molecular weight is 322 g/mol. The molecule has 0 spiro atoms. The van der Waals surface area contributed by atoms with E-state index in [1.165, 1.54) is 43.4 Å². The van der Waals surface area contributed by atoms with Gasteiger partial charge in [-0.3, -0.25) is 19.3 Å². The van der Waals surface area contributed by atoms with Crippen molar-refractivity contribution in [2.75, 3.05) is 13.1 Å². The van der Waals surface area contributed by atoms with Crippen molar-refractivity contribution in [3.05, 3.63) is 0 Å². The zero-order valence-corrected chi connectivity index (χ0v) is 14.3. The van der Waals surface area contributed by atoms with E-state index >= 15 is 0 Å². The minimum atomic E-state index is -0.144. The third kappa shape index (κ3) is 5.05. The van der Waals surface area contributed by atoms with E-state index in [9.17, 15) is 14.4 Å². The van der Waals surface area contributed by atoms with Crippen molar-refractivity contribution in [1.29, 1.82) is 0 Å². The lowest BCUT2D eigenvalue weighted by atomic mass is 9.83. The number of imide groups is 1. The molecule has 0 bridgehead atoms. The van der Waals surface area contributed by atoms with Crippen molar-refractivity contribution in [1.82, 2.24) is 10.2 Å². The molecule has 2 aliphatic rings. The summed E-state index contributed by atoms with van der Waals surface area (Å²) in [6, 6.07) is 0. The van der Waals surface area contributed by atoms with E-state index in [0.717, 1.165) is 12.8 Å². The third-order valence-corrected chi connectivity index (χ3v) is 5.18. The summed E-state index contributed by atoms with van der Waals surface area (Å²) in [4.78, 5) is 37.7. The van der Waals surface area contributed by atoms with Crippen LogP contribution in [0.3, 0.4) is 0 Å². The van der Waals surface area contributed by atoms with Crippen molar-refractivity contribution in [2.24, 2.45) is 11.8 Å². The van der Waals surface area contributed by atoms with Gasteiger partial charge in [0.2, 0.25) is 17.7 Å². The minimum absolute atomic E-state index is 0.0384. The molecule has 0 aromatic carbocycles. The van der Waals surface area contributed by atoms with Crippen LogP contribution in [0.15, 0.2) is 0 Å². The molecule has 0 aromatic rings. The zero-order chi connectivity index (χ0) is 16.7. The van der Waals surface area contributed by atoms with Crippen LogP contribution in [0, 0.1) is 11.8 Å². The number of hydrogen-bond acceptors (Lipinski definition) is 3. The Kier molecular flexibility index (Phi) is 7.06. The van der Waals surface area contributed by atoms with E-state index in [1.54, 1.807) is 0 Å². The Bertz CT molecular complexity index is 426. The smallest absolute Gasteiger partial charge is 0.233 e. The second-order valence-corrected chi connectivity index (χ2v) is 6.86. The second-order valence-electron chi connectivity index (χ2n) is 6.86. The van der Waals surface area contributed by atoms with Gasteiger partial charge in [0.15, 0.2) is 0 Å². The summed E-state index contributed by atoms with van der Waals surface area (Å²) in [5.41, 5.74) is 0. The number of nitrogens with one attached hydrogen (secondary N) is 1. The molecule has 0 radical (unpaired) electrons. The molecule has 5 nitrogen and oxygen atoms in total. The van der Waals surface area contributed by atoms with Gasteiger partial charge in [-0.1, -0.05) is 38.5 Å². The van der Waals surface area contributed by atoms with E-state index < -0.39 is 0 Å². The van der Waals surface area contributed by atoms with Gasteiger partial charge in [0.05, 0.1) is 5.92 Å². The summed E-state index contributed by atoms with van der Waals surface area (Å²) in [5, 5.41) is 2.71. The third-order valence-electron chi connectivity index (χ3n) is 5.18. The van der Waals surface area contributed by atoms with Crippen molar-refractivity contribution in [2.45, 2.75) is 71.1 Å². The Morgan fingerprint density at radius 1 is 1.09 bits per heavy atom. The maximum absolute atomic E-state index is 12.6. The lowest BCUT2D eigenvalue weighted by Gasteiger charge is -2.22. The van der Waals surface area contributed by atoms with Crippen molar-refractivity contribution < 1.29 is 14.4 Å². The fourth-order valence-corrected chi connectivity index (χ4v) is 3.88. The van der Waals surface area contributed by atoms with Gasteiger partial charge in [0.1, 0.15) is 0 Å². The van der Waals surface area contributed by atoms with Gasteiger partial charge in [-0.2, -0.15) is 0 Å². The fraction of sp³-hybridized carbons (Fsp3) is 0.833. The predicted octanol–water partition coefficient (Wildman–Crippen LogP) is 2.64. The van der Waals surface area contributed by atoms with Gasteiger partial charge < -0.3 is 5.32 Å². The van der Waals surface area contributed by atoms with E-state index in [4.69, 9.17) is 0 Å². The molecule has 130 valence electrons. The average Bonchev–Trinajstić information content (AvgIpc) is 2.87. The topological polar surface area (TPSA) is 66.5 Å². The van der Waals surface area contributed by atoms with Crippen LogP contribution in [0.5, 0.6) is 0 Å². The molecule has 1 atom stereocenters. The minimum Gasteiger partial charge on any atom is -0.356 e. The van der Waals surface area contributed by atoms with E-state index in [1.807, 2.05) is 6.92 Å². The normalized spacial score (nSPS) is 24.2. The molecular weight excluding hydrogens is 292 g/mol. The molecular formula is C18H30N2O3. The number of carbonyl (C=O) groups excluding carboxylic acids is 3. The van der Waals surface area contributed by atoms with Crippen molar-refractivity contribution in [3.8, 4) is 0 Å². The van der Waals surface area contributed by atoms with Crippen LogP contribution >= 0.6 is 0 Å². The Morgan fingerprint density at radius 2 is 1.70 bits per heavy atom. The van der Waals surface area contributed by atoms with Crippen LogP contribution < -0.4 is 5.32 Å². The molecule has 2 rings (SSSR count). The highest BCUT2D eigenvalue weighted by Crippen LogP contribution is 2.34. The maximum Gasteiger partial charge on any atom is 0.233 e. The van der Waals surface area contributed by atoms with Gasteiger partial charge in [-0.15, -0.1) is 0 Å². The zero-order valence-electron chi connectivity index (χ0n) is 14.3. The van der Waals surface area contributed by atoms with E-state index in [0.29, 0.717) is 18.9 Å². The van der Waals surface area contributed by atoms with Crippen molar-refractivity contribution >= 4 is 17.7 Å². The fourth-order valence-electron chi connectivity index (χ4n) is 3.88. The molecule has 0 aromatic heterocycles. The van der Waals surface area contributed by atoms with Crippen molar-refractivity contribution in [3.63, 3.8) is 0 Å². The second kappa shape index (κ2) is 9.04. The molecule has 2 fully saturated rings. The number of amides is 3. The SMILES string of the molecule is CCNC(=O)CCN1C(=O)CC(C2CCCCCCCC2)C1=O. The molecule has 1 saturated heterocycles. The molecule has 3 amide bonds. The standard InChI is InChI=1S/C18H30N2O3/c1-2-19-16(21)11-12-20-17(22)13-15(18(20)23)14-9-7-5-3-4-6-8-10-14/h14-15H,2-13H2,1H3,(H,19,21). The molecule has 5 heteroatoms. The first-order chi connectivity index (χ1) is 11.1. The number of nitrogens with zero attached hydrogens (tertiary/aromatic N) is 1. The first kappa shape index (κ1) is 18.0. The summed E-state index contributed by atoms with van der Waals surface area (Å²) in [6.07, 6.45) is 10.1. The highest BCUT2D eigenvalue weighted by Gasteiger charge is 2.42. The molecule has 1 aliphatic carbocycles. The van der Waals surface area contributed by atoms with Crippen LogP contribution in [0.2, 0.25) is 0 Å². The van der Waals surface area contributed by atoms with Crippen LogP contribution in [0.1, 0.15) is 71.1 Å². The van der Waals surface area contributed by atoms with Crippen LogP contribution in [-0.2, 0) is 14.4 Å². The molecule has 1 aliphatic heterocycles. The first-order valence-corrected chi connectivity index (χ1v) is 9.24. The van der Waals surface area contributed by atoms with E-state index in [2.05, 4.69) is 5.32 Å². The maximum atomic E-state index is 12.6. The Hall–Kier alpha value is -1.39. The van der Waals surface area contributed by atoms with Crippen LogP contribution in [0.4, 0.5) is 0 Å². The monoisotopic (exact) mass is 322 g/mol. The Balaban J connectivity index is 1.91. The quantitative estimate of drug-likeness (QED) is 0.791. The summed E-state index contributed by atoms with van der Waals surface area (Å²) in [5.74, 6) is -0.0273. The largest absolute Gasteiger partial charge is 0.356 e. The summed E-state index contributed by atoms with van der Waals surface area (Å²) < 4.78 is 0. The summed E-state index contributed by atoms with van der Waals surface area (Å²) >= 11 is 0. The lowest BCUT2D eigenvalue weighted by molar-refractivity contribution is -0.140. The molecule has 1 N–H and O–H groups in total. The van der Waals surface area contributed by atoms with Gasteiger partial charge in [0, 0.05) is 25.9 Å². The number of rotatable bonds is 5. The first-order valence-electron chi connectivity index (χ1n) is 9.24. The number of carbonyl (C=O) groups is 3. The van der Waals surface area contributed by atoms with E-state index in [-0.39, 0.29) is 36.6 Å². The molecule has 1 unspecified atom stereocenters. The van der Waals surface area contributed by atoms with Crippen LogP contribution in [-0.4, -0.2) is 35.7 Å². The van der Waals surface area contributed by atoms with Gasteiger partial charge >= 0.3 is 0 Å². The highest BCUT2D eigenvalue weighted by molar-refractivity contribution is 6.03. The molecule has 1 saturated carbocycles. The predicted molar refractivity (Wildman–Crippen MR) is 88.6 cm³/mol. The summed E-state index contributed by atoms with van der Waals surface area (Å²) in [6.45, 7) is 2.66. The Morgan fingerprint density at radius 3 is 2.30 bits per heavy atom. The Labute approximate surface area is 139 Å². The number of likely N-dealkylation sites (tertiary alicyclic amines) is 1. The molecule has 1 heterocycles. The van der Waals surface area contributed by atoms with Gasteiger partial charge in [-0.25, -0.2) is 0 Å². The van der Waals surface area contributed by atoms with Gasteiger partial charge in [-0.05, 0) is 25.7 Å². The lowest BCUT2D eigenvalue weighted by Crippen LogP contribution is -2.36. The van der Waals surface area contributed by atoms with Crippen LogP contribution in [0.25, 0.3) is 0 Å². The number of hydrogen-bond donors (Lipinski definition) is 1. The highest BCUT2D eigenvalue weighted by atomic mass is 16.2.